The van der Waals surface area contributed by atoms with Gasteiger partial charge in [0.05, 0.1) is 0 Å². The fraction of sp³-hybridized carbons (Fsp3) is 0.750. The third-order valence-electron chi connectivity index (χ3n) is 3.37. The van der Waals surface area contributed by atoms with Gasteiger partial charge in [-0.05, 0) is 43.6 Å². The van der Waals surface area contributed by atoms with Crippen molar-refractivity contribution >= 4 is 5.78 Å². The summed E-state index contributed by atoms with van der Waals surface area (Å²) in [5, 5.41) is 9.18. The fourth-order valence-electron chi connectivity index (χ4n) is 2.08. The van der Waals surface area contributed by atoms with Crippen LogP contribution in [0.15, 0.2) is 12.2 Å². The van der Waals surface area contributed by atoms with E-state index < -0.39 is 0 Å². The van der Waals surface area contributed by atoms with E-state index in [1.54, 1.807) is 6.92 Å². The van der Waals surface area contributed by atoms with Crippen LogP contribution in [0.4, 0.5) is 0 Å². The number of rotatable bonds is 3. The zero-order valence-electron chi connectivity index (χ0n) is 9.18. The van der Waals surface area contributed by atoms with E-state index in [4.69, 9.17) is 0 Å². The monoisotopic (exact) mass is 196 g/mol. The minimum atomic E-state index is 0.0475. The third kappa shape index (κ3) is 2.44. The van der Waals surface area contributed by atoms with Gasteiger partial charge in [0.25, 0.3) is 0 Å². The molecule has 0 unspecified atom stereocenters. The van der Waals surface area contributed by atoms with Gasteiger partial charge >= 0.3 is 0 Å². The Balaban J connectivity index is 2.51. The molecule has 1 aliphatic rings. The zero-order valence-corrected chi connectivity index (χ0v) is 9.18. The number of hydrogen-bond acceptors (Lipinski definition) is 2. The lowest BCUT2D eigenvalue weighted by atomic mass is 9.70. The first-order chi connectivity index (χ1) is 6.48. The van der Waals surface area contributed by atoms with Gasteiger partial charge < -0.3 is 5.11 Å². The molecule has 1 aliphatic carbocycles. The molecule has 1 fully saturated rings. The predicted molar refractivity (Wildman–Crippen MR) is 57.0 cm³/mol. The molecule has 0 radical (unpaired) electrons. The van der Waals surface area contributed by atoms with Gasteiger partial charge in [0, 0.05) is 12.5 Å². The Morgan fingerprint density at radius 3 is 2.36 bits per heavy atom. The van der Waals surface area contributed by atoms with Crippen LogP contribution in [0.5, 0.6) is 0 Å². The summed E-state index contributed by atoms with van der Waals surface area (Å²) in [5.41, 5.74) is 0.717. The Labute approximate surface area is 86.0 Å². The molecular formula is C12H20O2. The number of aliphatic hydroxyl groups is 1. The number of ketones is 1. The van der Waals surface area contributed by atoms with Crippen molar-refractivity contribution in [3.05, 3.63) is 12.2 Å². The van der Waals surface area contributed by atoms with Crippen LogP contribution >= 0.6 is 0 Å². The number of aliphatic hydroxyl groups excluding tert-OH is 1. The van der Waals surface area contributed by atoms with Crippen LogP contribution in [-0.2, 0) is 4.79 Å². The quantitative estimate of drug-likeness (QED) is 0.703. The van der Waals surface area contributed by atoms with Crippen LogP contribution in [0.3, 0.4) is 0 Å². The third-order valence-corrected chi connectivity index (χ3v) is 3.37. The highest BCUT2D eigenvalue weighted by Crippen LogP contribution is 2.38. The molecule has 2 heteroatoms. The van der Waals surface area contributed by atoms with Gasteiger partial charge in [-0.1, -0.05) is 13.5 Å². The lowest BCUT2D eigenvalue weighted by molar-refractivity contribution is -0.121. The van der Waals surface area contributed by atoms with Crippen LogP contribution in [0.2, 0.25) is 0 Å². The number of allylic oxidation sites excluding steroid dienone is 1. The lowest BCUT2D eigenvalue weighted by Gasteiger charge is -2.35. The molecule has 0 saturated heterocycles. The summed E-state index contributed by atoms with van der Waals surface area (Å²) in [6.07, 6.45) is 3.71. The average molecular weight is 196 g/mol. The number of carbonyl (C=O) groups excluding carboxylic acids is 1. The molecular weight excluding hydrogens is 176 g/mol. The van der Waals surface area contributed by atoms with E-state index in [0.29, 0.717) is 5.57 Å². The first-order valence-electron chi connectivity index (χ1n) is 5.29. The maximum absolute atomic E-state index is 11.6. The molecule has 0 aromatic carbocycles. The molecule has 80 valence electrons. The molecule has 0 heterocycles. The highest BCUT2D eigenvalue weighted by Gasteiger charge is 2.33. The molecule has 0 aromatic rings. The number of carbonyl (C=O) groups is 1. The SMILES string of the molecule is C=C(C)C(=O)C1CCC(C)(CO)CC1. The van der Waals surface area contributed by atoms with Crippen LogP contribution in [0.25, 0.3) is 0 Å². The van der Waals surface area contributed by atoms with Crippen molar-refractivity contribution in [2.75, 3.05) is 6.61 Å². The number of Topliss-reactive ketones (excluding diaryl/α,β-unsaturated/α-hetero) is 1. The molecule has 0 aromatic heterocycles. The van der Waals surface area contributed by atoms with Gasteiger partial charge in [0.1, 0.15) is 0 Å². The summed E-state index contributed by atoms with van der Waals surface area (Å²) in [6, 6.07) is 0. The first-order valence-corrected chi connectivity index (χ1v) is 5.29. The second-order valence-electron chi connectivity index (χ2n) is 4.89. The fourth-order valence-corrected chi connectivity index (χ4v) is 2.08. The van der Waals surface area contributed by atoms with Gasteiger partial charge in [-0.3, -0.25) is 4.79 Å². The van der Waals surface area contributed by atoms with Crippen LogP contribution in [0.1, 0.15) is 39.5 Å². The maximum Gasteiger partial charge on any atom is 0.161 e. The van der Waals surface area contributed by atoms with E-state index in [1.165, 1.54) is 0 Å². The molecule has 14 heavy (non-hydrogen) atoms. The molecule has 0 aliphatic heterocycles. The summed E-state index contributed by atoms with van der Waals surface area (Å²) in [7, 11) is 0. The van der Waals surface area contributed by atoms with Gasteiger partial charge in [-0.2, -0.15) is 0 Å². The van der Waals surface area contributed by atoms with Crippen LogP contribution in [0, 0.1) is 11.3 Å². The summed E-state index contributed by atoms with van der Waals surface area (Å²) < 4.78 is 0. The Morgan fingerprint density at radius 2 is 2.00 bits per heavy atom. The molecule has 1 rings (SSSR count). The number of hydrogen-bond donors (Lipinski definition) is 1. The zero-order chi connectivity index (χ0) is 10.8. The normalized spacial score (nSPS) is 32.6. The second-order valence-corrected chi connectivity index (χ2v) is 4.89. The molecule has 0 spiro atoms. The van der Waals surface area contributed by atoms with Gasteiger partial charge in [0.2, 0.25) is 0 Å². The predicted octanol–water partition coefficient (Wildman–Crippen LogP) is 2.32. The molecule has 0 amide bonds. The summed E-state index contributed by atoms with van der Waals surface area (Å²) in [6.45, 7) is 7.80. The van der Waals surface area contributed by atoms with E-state index >= 15 is 0 Å². The van der Waals surface area contributed by atoms with E-state index in [1.807, 2.05) is 0 Å². The first kappa shape index (κ1) is 11.4. The summed E-state index contributed by atoms with van der Waals surface area (Å²) >= 11 is 0. The van der Waals surface area contributed by atoms with Crippen molar-refractivity contribution in [3.8, 4) is 0 Å². The molecule has 1 saturated carbocycles. The standard InChI is InChI=1S/C12H20O2/c1-9(2)11(14)10-4-6-12(3,8-13)7-5-10/h10,13H,1,4-8H2,2-3H3. The van der Waals surface area contributed by atoms with E-state index in [2.05, 4.69) is 13.5 Å². The smallest absolute Gasteiger partial charge is 0.161 e. The molecule has 0 atom stereocenters. The average Bonchev–Trinajstić information content (AvgIpc) is 2.18. The Kier molecular flexibility index (Phi) is 3.48. The van der Waals surface area contributed by atoms with Crippen molar-refractivity contribution in [2.45, 2.75) is 39.5 Å². The summed E-state index contributed by atoms with van der Waals surface area (Å²) in [4.78, 5) is 11.6. The largest absolute Gasteiger partial charge is 0.396 e. The minimum absolute atomic E-state index is 0.0475. The maximum atomic E-state index is 11.6. The Bertz CT molecular complexity index is 235. The molecule has 2 nitrogen and oxygen atoms in total. The summed E-state index contributed by atoms with van der Waals surface area (Å²) in [5.74, 6) is 0.372. The lowest BCUT2D eigenvalue weighted by Crippen LogP contribution is -2.31. The molecule has 1 N–H and O–H groups in total. The van der Waals surface area contributed by atoms with Gasteiger partial charge in [-0.25, -0.2) is 0 Å². The highest BCUT2D eigenvalue weighted by molar-refractivity contribution is 5.96. The van der Waals surface area contributed by atoms with E-state index in [9.17, 15) is 9.90 Å². The van der Waals surface area contributed by atoms with E-state index in [-0.39, 0.29) is 23.7 Å². The van der Waals surface area contributed by atoms with Gasteiger partial charge in [-0.15, -0.1) is 0 Å². The highest BCUT2D eigenvalue weighted by atomic mass is 16.3. The van der Waals surface area contributed by atoms with E-state index in [0.717, 1.165) is 25.7 Å². The van der Waals surface area contributed by atoms with Crippen LogP contribution < -0.4 is 0 Å². The molecule has 0 bridgehead atoms. The van der Waals surface area contributed by atoms with Crippen LogP contribution in [-0.4, -0.2) is 17.5 Å². The Hall–Kier alpha value is -0.630. The minimum Gasteiger partial charge on any atom is -0.396 e. The topological polar surface area (TPSA) is 37.3 Å². The van der Waals surface area contributed by atoms with Crippen molar-refractivity contribution in [1.82, 2.24) is 0 Å². The van der Waals surface area contributed by atoms with Crippen molar-refractivity contribution in [1.29, 1.82) is 0 Å². The Morgan fingerprint density at radius 1 is 1.50 bits per heavy atom. The van der Waals surface area contributed by atoms with Crippen molar-refractivity contribution in [3.63, 3.8) is 0 Å². The van der Waals surface area contributed by atoms with Gasteiger partial charge in [0.15, 0.2) is 5.78 Å². The van der Waals surface area contributed by atoms with Crippen molar-refractivity contribution in [2.24, 2.45) is 11.3 Å². The second kappa shape index (κ2) is 4.26. The van der Waals surface area contributed by atoms with Crippen molar-refractivity contribution < 1.29 is 9.90 Å².